The number of aryl methyl sites for hydroxylation is 1. The Morgan fingerprint density at radius 3 is 2.46 bits per heavy atom. The maximum absolute atomic E-state index is 14.9. The molecule has 16 nitrogen and oxygen atoms in total. The minimum Gasteiger partial charge on any atom is -0.504 e. The third-order valence-electron chi connectivity index (χ3n) is 12.7. The van der Waals surface area contributed by atoms with Crippen molar-refractivity contribution in [3.8, 4) is 46.3 Å². The number of nitriles is 1. The van der Waals surface area contributed by atoms with E-state index in [4.69, 9.17) is 33.2 Å². The molecule has 17 heteroatoms. The van der Waals surface area contributed by atoms with Crippen LogP contribution in [-0.4, -0.2) is 102 Å². The summed E-state index contributed by atoms with van der Waals surface area (Å²) < 4.78 is 42.3. The molecule has 61 heavy (non-hydrogen) atoms. The molecule has 7 atom stereocenters. The summed E-state index contributed by atoms with van der Waals surface area (Å²) in [4.78, 5) is 46.4. The van der Waals surface area contributed by atoms with Gasteiger partial charge in [0.25, 0.3) is 0 Å². The minimum absolute atomic E-state index is 0.0226. The summed E-state index contributed by atoms with van der Waals surface area (Å²) in [5.74, 6) is 0.0120. The molecule has 1 amide bonds. The van der Waals surface area contributed by atoms with E-state index in [1.54, 1.807) is 44.7 Å². The fourth-order valence-corrected chi connectivity index (χ4v) is 12.2. The second kappa shape index (κ2) is 14.5. The lowest BCUT2D eigenvalue weighted by Crippen LogP contribution is -2.71. The maximum Gasteiger partial charge on any atom is 0.411 e. The summed E-state index contributed by atoms with van der Waals surface area (Å²) in [6, 6.07) is 3.14. The average Bonchev–Trinajstić information content (AvgIpc) is 3.69. The fraction of sp³-hybridized carbons (Fsp3) is 0.500. The molecular weight excluding hydrogens is 809 g/mol. The Morgan fingerprint density at radius 1 is 1.02 bits per heavy atom. The van der Waals surface area contributed by atoms with Gasteiger partial charge in [-0.2, -0.15) is 5.26 Å². The van der Waals surface area contributed by atoms with Gasteiger partial charge in [0.15, 0.2) is 40.0 Å². The number of fused-ring (bicyclic) bond motifs is 9. The molecule has 7 heterocycles. The van der Waals surface area contributed by atoms with E-state index in [9.17, 15) is 29.9 Å². The summed E-state index contributed by atoms with van der Waals surface area (Å²) in [7, 11) is 2.90. The summed E-state index contributed by atoms with van der Waals surface area (Å²) >= 11 is 1.35. The van der Waals surface area contributed by atoms with Crippen LogP contribution in [0.3, 0.4) is 0 Å². The first-order valence-corrected chi connectivity index (χ1v) is 21.3. The van der Waals surface area contributed by atoms with E-state index in [-0.39, 0.29) is 54.3 Å². The number of esters is 2. The number of rotatable bonds is 3. The molecule has 1 unspecified atom stereocenters. The molecule has 0 radical (unpaired) electrons. The standard InChI is InChI=1S/C44H48N4O12S/c1-19-11-23-12-25-26(15-45)47-27-16-56-41(52)44(24-14-29(54-7)28(50)13-22(24)9-10-46-44)17-61-40(32-31(27)39-38(57-18-58-39)20(2)37(32)59-21(3)49)34(47)33(30(23)35(51)36(19)55-8)48(25)42(53)60-43(4,5)6/h11,13-14,25-27,33-34,40,46,50-51H,9-10,12,16-18H2,1-8H3/t25-,26-,27-,33-,34?,40+,44+/m0/s1. The number of hydrogen-bond donors (Lipinski definition) is 3. The van der Waals surface area contributed by atoms with Gasteiger partial charge in [0, 0.05) is 41.5 Å². The van der Waals surface area contributed by atoms with Gasteiger partial charge in [-0.1, -0.05) is 6.07 Å². The monoisotopic (exact) mass is 856 g/mol. The van der Waals surface area contributed by atoms with Gasteiger partial charge in [0.1, 0.15) is 24.0 Å². The first-order valence-electron chi connectivity index (χ1n) is 20.2. The van der Waals surface area contributed by atoms with Crippen molar-refractivity contribution in [2.75, 3.05) is 39.9 Å². The number of carbonyl (C=O) groups is 3. The number of amides is 1. The Morgan fingerprint density at radius 2 is 1.77 bits per heavy atom. The second-order valence-corrected chi connectivity index (χ2v) is 18.4. The van der Waals surface area contributed by atoms with E-state index in [1.807, 2.05) is 17.9 Å². The first kappa shape index (κ1) is 40.8. The van der Waals surface area contributed by atoms with E-state index in [1.165, 1.54) is 32.9 Å². The summed E-state index contributed by atoms with van der Waals surface area (Å²) in [5, 5.41) is 37.2. The lowest BCUT2D eigenvalue weighted by atomic mass is 9.71. The van der Waals surface area contributed by atoms with Crippen molar-refractivity contribution in [3.63, 3.8) is 0 Å². The summed E-state index contributed by atoms with van der Waals surface area (Å²) in [5.41, 5.74) is 2.33. The number of nitrogens with zero attached hydrogens (tertiary/aromatic N) is 3. The molecular formula is C44H48N4O12S. The van der Waals surface area contributed by atoms with Crippen molar-refractivity contribution in [3.05, 3.63) is 62.7 Å². The van der Waals surface area contributed by atoms with Gasteiger partial charge >= 0.3 is 18.0 Å². The molecule has 0 aliphatic carbocycles. The smallest absolute Gasteiger partial charge is 0.411 e. The second-order valence-electron chi connectivity index (χ2n) is 17.3. The lowest BCUT2D eigenvalue weighted by molar-refractivity contribution is -0.157. The van der Waals surface area contributed by atoms with Gasteiger partial charge in [-0.25, -0.2) is 9.59 Å². The number of phenolic OH excluding ortho intramolecular Hbond substituents is 2. The zero-order valence-electron chi connectivity index (χ0n) is 35.2. The van der Waals surface area contributed by atoms with Crippen LogP contribution in [0.2, 0.25) is 0 Å². The normalized spacial score (nSPS) is 27.1. The first-order chi connectivity index (χ1) is 29.0. The van der Waals surface area contributed by atoms with Crippen molar-refractivity contribution in [1.82, 2.24) is 15.1 Å². The third kappa shape index (κ3) is 6.04. The highest BCUT2D eigenvalue weighted by Gasteiger charge is 2.64. The Hall–Kier alpha value is -5.57. The van der Waals surface area contributed by atoms with Crippen LogP contribution >= 0.6 is 11.8 Å². The Labute approximate surface area is 356 Å². The number of nitrogens with one attached hydrogen (secondary N) is 1. The predicted molar refractivity (Wildman–Crippen MR) is 218 cm³/mol. The van der Waals surface area contributed by atoms with Crippen LogP contribution in [0.15, 0.2) is 18.2 Å². The Kier molecular flexibility index (Phi) is 9.72. The predicted octanol–water partition coefficient (Wildman–Crippen LogP) is 5.29. The molecule has 322 valence electrons. The van der Waals surface area contributed by atoms with Gasteiger partial charge in [-0.3, -0.25) is 19.9 Å². The number of piperazine rings is 1. The number of phenols is 2. The summed E-state index contributed by atoms with van der Waals surface area (Å²) in [6.07, 6.45) is 0.0160. The largest absolute Gasteiger partial charge is 0.504 e. The Bertz CT molecular complexity index is 2450. The van der Waals surface area contributed by atoms with Crippen molar-refractivity contribution in [1.29, 1.82) is 5.26 Å². The molecule has 3 N–H and O–H groups in total. The number of benzene rings is 3. The van der Waals surface area contributed by atoms with Crippen LogP contribution in [0.5, 0.6) is 40.2 Å². The number of aromatic hydroxyl groups is 2. The van der Waals surface area contributed by atoms with E-state index >= 15 is 0 Å². The van der Waals surface area contributed by atoms with Gasteiger partial charge in [0.2, 0.25) is 6.79 Å². The topological polar surface area (TPSA) is 199 Å². The number of carbonyl (C=O) groups excluding carboxylic acids is 3. The van der Waals surface area contributed by atoms with E-state index in [2.05, 4.69) is 11.4 Å². The molecule has 3 aromatic rings. The van der Waals surface area contributed by atoms with Crippen molar-refractivity contribution in [2.24, 2.45) is 0 Å². The molecule has 4 bridgehead atoms. The number of methoxy groups -OCH3 is 2. The highest BCUT2D eigenvalue weighted by molar-refractivity contribution is 7.99. The highest BCUT2D eigenvalue weighted by atomic mass is 32.2. The molecule has 7 aliphatic heterocycles. The molecule has 0 aromatic heterocycles. The molecule has 2 fully saturated rings. The molecule has 0 saturated carbocycles. The van der Waals surface area contributed by atoms with E-state index in [0.717, 1.165) is 11.1 Å². The molecule has 2 saturated heterocycles. The fourth-order valence-electron chi connectivity index (χ4n) is 10.5. The molecule has 3 aromatic carbocycles. The van der Waals surface area contributed by atoms with Crippen LogP contribution in [-0.2, 0) is 37.4 Å². The number of ether oxygens (including phenoxy) is 7. The minimum atomic E-state index is -1.47. The van der Waals surface area contributed by atoms with E-state index in [0.29, 0.717) is 57.8 Å². The van der Waals surface area contributed by atoms with Crippen molar-refractivity contribution in [2.45, 2.75) is 101 Å². The average molecular weight is 857 g/mol. The van der Waals surface area contributed by atoms with Crippen LogP contribution in [0.4, 0.5) is 4.79 Å². The summed E-state index contributed by atoms with van der Waals surface area (Å²) in [6.45, 7) is 10.2. The van der Waals surface area contributed by atoms with Gasteiger partial charge < -0.3 is 43.4 Å². The highest BCUT2D eigenvalue weighted by Crippen LogP contribution is 2.65. The van der Waals surface area contributed by atoms with Crippen LogP contribution in [0, 0.1) is 25.2 Å². The van der Waals surface area contributed by atoms with E-state index < -0.39 is 64.6 Å². The van der Waals surface area contributed by atoms with Crippen LogP contribution in [0.1, 0.15) is 89.5 Å². The lowest BCUT2D eigenvalue weighted by Gasteiger charge is -2.62. The van der Waals surface area contributed by atoms with Crippen molar-refractivity contribution < 1.29 is 57.8 Å². The van der Waals surface area contributed by atoms with Crippen molar-refractivity contribution >= 4 is 29.8 Å². The molecule has 7 aliphatic rings. The number of hydrogen-bond acceptors (Lipinski definition) is 16. The van der Waals surface area contributed by atoms with Gasteiger partial charge in [-0.15, -0.1) is 11.8 Å². The quantitative estimate of drug-likeness (QED) is 0.227. The maximum atomic E-state index is 14.9. The zero-order chi connectivity index (χ0) is 43.4. The van der Waals surface area contributed by atoms with Crippen LogP contribution in [0.25, 0.3) is 0 Å². The van der Waals surface area contributed by atoms with Crippen LogP contribution < -0.4 is 29.0 Å². The molecule has 1 spiro atoms. The number of thioether (sulfide) groups is 1. The SMILES string of the molecule is COc1cc2c(cc1O)CCN[C@]21CS[C@@H]2c3c(OC(C)=O)c(C)c4c(c3[C@H](COC1=O)N1C2[C@@H]2c3c(cc(C)c(OC)c3O)C[C@@H]([C@@H]1C#N)N2C(=O)OC(C)(C)C)OCO4. The molecule has 10 rings (SSSR count). The third-order valence-corrected chi connectivity index (χ3v) is 14.2. The zero-order valence-corrected chi connectivity index (χ0v) is 36.0. The Balaban J connectivity index is 1.36. The van der Waals surface area contributed by atoms with Gasteiger partial charge in [-0.05, 0) is 81.8 Å². The van der Waals surface area contributed by atoms with Gasteiger partial charge in [0.05, 0.1) is 49.7 Å².